The first-order chi connectivity index (χ1) is 6.68. The maximum Gasteiger partial charge on any atom is 0.263 e. The highest BCUT2D eigenvalue weighted by Gasteiger charge is 2.30. The summed E-state index contributed by atoms with van der Waals surface area (Å²) in [6.45, 7) is 0. The molecule has 0 spiro atoms. The van der Waals surface area contributed by atoms with Crippen molar-refractivity contribution in [1.29, 1.82) is 0 Å². The van der Waals surface area contributed by atoms with E-state index in [1.807, 2.05) is 0 Å². The fourth-order valence-electron chi connectivity index (χ4n) is 1.37. The zero-order valence-corrected chi connectivity index (χ0v) is 7.54. The molecule has 0 saturated heterocycles. The topological polar surface area (TPSA) is 17.1 Å². The Hall–Kier alpha value is -1.25. The molecule has 1 nitrogen and oxygen atoms in total. The van der Waals surface area contributed by atoms with Gasteiger partial charge in [0.2, 0.25) is 0 Å². The first-order valence-corrected chi connectivity index (χ1v) is 4.61. The number of halogens is 2. The van der Waals surface area contributed by atoms with Crippen LogP contribution in [0.4, 0.5) is 8.78 Å². The normalized spacial score (nSPS) is 15.9. The molecule has 0 amide bonds. The molecule has 3 heteroatoms. The molecule has 1 aliphatic rings. The van der Waals surface area contributed by atoms with Crippen LogP contribution >= 0.6 is 0 Å². The molecule has 1 aromatic rings. The van der Waals surface area contributed by atoms with Crippen LogP contribution in [0.15, 0.2) is 24.3 Å². The highest BCUT2D eigenvalue weighted by Crippen LogP contribution is 2.32. The van der Waals surface area contributed by atoms with Crippen molar-refractivity contribution in [1.82, 2.24) is 0 Å². The van der Waals surface area contributed by atoms with Crippen LogP contribution < -0.4 is 0 Å². The predicted octanol–water partition coefficient (Wildman–Crippen LogP) is 3.22. The molecule has 0 aliphatic heterocycles. The Labute approximate surface area is 80.7 Å². The summed E-state index contributed by atoms with van der Waals surface area (Å²) >= 11 is 0. The van der Waals surface area contributed by atoms with Crippen LogP contribution in [0.1, 0.15) is 35.2 Å². The van der Waals surface area contributed by atoms with Gasteiger partial charge in [-0.25, -0.2) is 8.78 Å². The van der Waals surface area contributed by atoms with Gasteiger partial charge in [-0.05, 0) is 12.8 Å². The average molecular weight is 196 g/mol. The zero-order valence-electron chi connectivity index (χ0n) is 7.54. The second-order valence-corrected chi connectivity index (χ2v) is 3.56. The van der Waals surface area contributed by atoms with E-state index in [0.29, 0.717) is 5.56 Å². The molecule has 2 rings (SSSR count). The number of Topliss-reactive ketones (excluding diaryl/α,β-unsaturated/α-hetero) is 1. The predicted molar refractivity (Wildman–Crippen MR) is 48.5 cm³/mol. The van der Waals surface area contributed by atoms with Gasteiger partial charge in [-0.15, -0.1) is 0 Å². The van der Waals surface area contributed by atoms with Gasteiger partial charge in [0, 0.05) is 17.0 Å². The van der Waals surface area contributed by atoms with Crippen molar-refractivity contribution < 1.29 is 13.6 Å². The van der Waals surface area contributed by atoms with Gasteiger partial charge < -0.3 is 0 Å². The van der Waals surface area contributed by atoms with E-state index in [1.54, 1.807) is 0 Å². The van der Waals surface area contributed by atoms with Crippen LogP contribution in [-0.2, 0) is 0 Å². The Bertz CT molecular complexity index is 339. The summed E-state index contributed by atoms with van der Waals surface area (Å²) in [7, 11) is 0. The molecule has 0 heterocycles. The molecular formula is C11H10F2O. The largest absolute Gasteiger partial charge is 0.294 e. The molecule has 0 unspecified atom stereocenters. The monoisotopic (exact) mass is 196 g/mol. The van der Waals surface area contributed by atoms with E-state index in [4.69, 9.17) is 0 Å². The number of alkyl halides is 2. The standard InChI is InChI=1S/C11H10F2O/c12-11(13)9-5-3-8(4-6-9)10(14)7-1-2-7/h3-7,11H,1-2H2. The molecule has 0 radical (unpaired) electrons. The molecule has 0 bridgehead atoms. The van der Waals surface area contributed by atoms with Gasteiger partial charge in [-0.3, -0.25) is 4.79 Å². The van der Waals surface area contributed by atoms with Crippen LogP contribution in [0.5, 0.6) is 0 Å². The molecule has 1 fully saturated rings. The third-order valence-corrected chi connectivity index (χ3v) is 2.40. The molecule has 0 atom stereocenters. The summed E-state index contributed by atoms with van der Waals surface area (Å²) < 4.78 is 24.4. The van der Waals surface area contributed by atoms with Crippen LogP contribution in [0.2, 0.25) is 0 Å². The maximum atomic E-state index is 12.2. The van der Waals surface area contributed by atoms with Crippen LogP contribution in [0.25, 0.3) is 0 Å². The Morgan fingerprint density at radius 2 is 1.79 bits per heavy atom. The van der Waals surface area contributed by atoms with Crippen molar-refractivity contribution in [2.24, 2.45) is 5.92 Å². The van der Waals surface area contributed by atoms with Gasteiger partial charge in [0.15, 0.2) is 5.78 Å². The summed E-state index contributed by atoms with van der Waals surface area (Å²) in [5, 5.41) is 0. The Balaban J connectivity index is 2.16. The van der Waals surface area contributed by atoms with E-state index in [2.05, 4.69) is 0 Å². The molecule has 14 heavy (non-hydrogen) atoms. The summed E-state index contributed by atoms with van der Waals surface area (Å²) in [6.07, 6.45) is -0.578. The van der Waals surface area contributed by atoms with E-state index in [9.17, 15) is 13.6 Å². The van der Waals surface area contributed by atoms with Crippen molar-refractivity contribution in [3.05, 3.63) is 35.4 Å². The molecule has 0 aromatic heterocycles. The second-order valence-electron chi connectivity index (χ2n) is 3.56. The van der Waals surface area contributed by atoms with Gasteiger partial charge >= 0.3 is 0 Å². The molecule has 1 saturated carbocycles. The van der Waals surface area contributed by atoms with Crippen LogP contribution in [0.3, 0.4) is 0 Å². The van der Waals surface area contributed by atoms with E-state index in [-0.39, 0.29) is 17.3 Å². The van der Waals surface area contributed by atoms with Gasteiger partial charge in [-0.2, -0.15) is 0 Å². The lowest BCUT2D eigenvalue weighted by atomic mass is 10.1. The third kappa shape index (κ3) is 1.81. The number of benzene rings is 1. The molecule has 74 valence electrons. The van der Waals surface area contributed by atoms with Crippen LogP contribution in [-0.4, -0.2) is 5.78 Å². The second kappa shape index (κ2) is 3.48. The molecular weight excluding hydrogens is 186 g/mol. The number of carbonyl (C=O) groups excluding carboxylic acids is 1. The number of hydrogen-bond acceptors (Lipinski definition) is 1. The molecule has 0 N–H and O–H groups in total. The van der Waals surface area contributed by atoms with E-state index in [1.165, 1.54) is 24.3 Å². The smallest absolute Gasteiger partial charge is 0.263 e. The van der Waals surface area contributed by atoms with E-state index >= 15 is 0 Å². The first kappa shape index (κ1) is 9.31. The maximum absolute atomic E-state index is 12.2. The molecule has 1 aliphatic carbocycles. The van der Waals surface area contributed by atoms with Crippen molar-refractivity contribution >= 4 is 5.78 Å². The van der Waals surface area contributed by atoms with Gasteiger partial charge in [-0.1, -0.05) is 24.3 Å². The fourth-order valence-corrected chi connectivity index (χ4v) is 1.37. The first-order valence-electron chi connectivity index (χ1n) is 4.61. The third-order valence-electron chi connectivity index (χ3n) is 2.40. The summed E-state index contributed by atoms with van der Waals surface area (Å²) in [6, 6.07) is 5.62. The minimum absolute atomic E-state index is 0.0302. The number of carbonyl (C=O) groups is 1. The minimum atomic E-state index is -2.46. The lowest BCUT2D eigenvalue weighted by Gasteiger charge is -2.01. The Kier molecular flexibility index (Phi) is 2.32. The quantitative estimate of drug-likeness (QED) is 0.678. The summed E-state index contributed by atoms with van der Waals surface area (Å²) in [5.41, 5.74) is 0.522. The van der Waals surface area contributed by atoms with Gasteiger partial charge in [0.05, 0.1) is 0 Å². The SMILES string of the molecule is O=C(c1ccc(C(F)F)cc1)C1CC1. The number of rotatable bonds is 3. The summed E-state index contributed by atoms with van der Waals surface area (Å²) in [4.78, 5) is 11.5. The summed E-state index contributed by atoms with van der Waals surface area (Å²) in [5.74, 6) is 0.234. The van der Waals surface area contributed by atoms with Gasteiger partial charge in [0.25, 0.3) is 6.43 Å². The number of hydrogen-bond donors (Lipinski definition) is 0. The highest BCUT2D eigenvalue weighted by atomic mass is 19.3. The van der Waals surface area contributed by atoms with Crippen molar-refractivity contribution in [3.63, 3.8) is 0 Å². The minimum Gasteiger partial charge on any atom is -0.294 e. The number of ketones is 1. The molecule has 1 aromatic carbocycles. The Morgan fingerprint density at radius 3 is 2.21 bits per heavy atom. The fraction of sp³-hybridized carbons (Fsp3) is 0.364. The van der Waals surface area contributed by atoms with E-state index in [0.717, 1.165) is 12.8 Å². The van der Waals surface area contributed by atoms with E-state index < -0.39 is 6.43 Å². The van der Waals surface area contributed by atoms with Crippen molar-refractivity contribution in [2.75, 3.05) is 0 Å². The van der Waals surface area contributed by atoms with Gasteiger partial charge in [0.1, 0.15) is 0 Å². The van der Waals surface area contributed by atoms with Crippen molar-refractivity contribution in [3.8, 4) is 0 Å². The highest BCUT2D eigenvalue weighted by molar-refractivity contribution is 5.99. The Morgan fingerprint density at radius 1 is 1.21 bits per heavy atom. The lowest BCUT2D eigenvalue weighted by Crippen LogP contribution is -2.00. The van der Waals surface area contributed by atoms with Crippen LogP contribution in [0, 0.1) is 5.92 Å². The average Bonchev–Trinajstić information content (AvgIpc) is 3.00. The van der Waals surface area contributed by atoms with Crippen molar-refractivity contribution in [2.45, 2.75) is 19.3 Å². The lowest BCUT2D eigenvalue weighted by molar-refractivity contribution is 0.0967. The zero-order chi connectivity index (χ0) is 10.1.